The van der Waals surface area contributed by atoms with Gasteiger partial charge in [-0.1, -0.05) is 0 Å². The molecule has 1 aromatic carbocycles. The summed E-state index contributed by atoms with van der Waals surface area (Å²) in [6.45, 7) is 2.83. The maximum Gasteiger partial charge on any atom is 0.339 e. The molecule has 3 amide bonds. The van der Waals surface area contributed by atoms with Gasteiger partial charge >= 0.3 is 5.97 Å². The van der Waals surface area contributed by atoms with E-state index in [1.54, 1.807) is 48.0 Å². The van der Waals surface area contributed by atoms with Gasteiger partial charge in [-0.3, -0.25) is 14.4 Å². The highest BCUT2D eigenvalue weighted by molar-refractivity contribution is 7.08. The summed E-state index contributed by atoms with van der Waals surface area (Å²) in [4.78, 5) is 48.5. The summed E-state index contributed by atoms with van der Waals surface area (Å²) < 4.78 is 4.99. The predicted molar refractivity (Wildman–Crippen MR) is 106 cm³/mol. The number of likely N-dealkylation sites (N-methyl/N-ethyl adjacent to an activating group) is 1. The third-order valence-corrected chi connectivity index (χ3v) is 4.32. The molecule has 0 saturated heterocycles. The molecule has 1 aromatic heterocycles. The van der Waals surface area contributed by atoms with E-state index >= 15 is 0 Å². The summed E-state index contributed by atoms with van der Waals surface area (Å²) in [6, 6.07) is 8.21. The number of hydrogen-bond acceptors (Lipinski definition) is 6. The molecule has 0 aliphatic heterocycles. The van der Waals surface area contributed by atoms with Gasteiger partial charge in [-0.05, 0) is 42.6 Å². The molecule has 0 saturated carbocycles. The van der Waals surface area contributed by atoms with Crippen molar-refractivity contribution in [3.8, 4) is 0 Å². The lowest BCUT2D eigenvalue weighted by Crippen LogP contribution is -2.40. The highest BCUT2D eigenvalue weighted by atomic mass is 32.1. The molecule has 2 N–H and O–H groups in total. The van der Waals surface area contributed by atoms with Crippen LogP contribution in [0.3, 0.4) is 0 Å². The first-order valence-corrected chi connectivity index (χ1v) is 9.48. The maximum atomic E-state index is 12.2. The molecule has 0 fully saturated rings. The molecule has 1 heterocycles. The largest absolute Gasteiger partial charge is 0.452 e. The lowest BCUT2D eigenvalue weighted by molar-refractivity contribution is -0.137. The molecule has 0 spiro atoms. The number of nitrogens with zero attached hydrogens (tertiary/aromatic N) is 1. The lowest BCUT2D eigenvalue weighted by Gasteiger charge is -2.20. The lowest BCUT2D eigenvalue weighted by atomic mass is 10.2. The molecule has 0 radical (unpaired) electrons. The number of nitrogens with one attached hydrogen (secondary N) is 2. The predicted octanol–water partition coefficient (Wildman–Crippen LogP) is 2.35. The molecule has 2 aromatic rings. The molecule has 0 bridgehead atoms. The van der Waals surface area contributed by atoms with Crippen LogP contribution in [0.5, 0.6) is 0 Å². The van der Waals surface area contributed by atoms with Gasteiger partial charge in [-0.2, -0.15) is 11.3 Å². The number of hydrogen-bond donors (Lipinski definition) is 2. The standard InChI is InChI=1S/C19H21N3O5S/c1-3-22(18(25)11-27-19(26)14-8-9-28-12-14)10-17(24)21-16-6-4-15(5-7-16)20-13(2)23/h4-9,12H,3,10-11H2,1-2H3,(H,20,23)(H,21,24). The second kappa shape index (κ2) is 10.2. The van der Waals surface area contributed by atoms with E-state index in [4.69, 9.17) is 4.74 Å². The average molecular weight is 403 g/mol. The summed E-state index contributed by atoms with van der Waals surface area (Å²) in [5.41, 5.74) is 1.54. The minimum atomic E-state index is -0.575. The highest BCUT2D eigenvalue weighted by Gasteiger charge is 2.18. The minimum Gasteiger partial charge on any atom is -0.452 e. The van der Waals surface area contributed by atoms with Crippen LogP contribution < -0.4 is 10.6 Å². The first-order chi connectivity index (χ1) is 13.4. The quantitative estimate of drug-likeness (QED) is 0.659. The van der Waals surface area contributed by atoms with Gasteiger partial charge in [-0.25, -0.2) is 4.79 Å². The van der Waals surface area contributed by atoms with Gasteiger partial charge in [-0.15, -0.1) is 0 Å². The average Bonchev–Trinajstić information content (AvgIpc) is 3.20. The van der Waals surface area contributed by atoms with Crippen LogP contribution in [-0.4, -0.2) is 48.3 Å². The molecule has 0 unspecified atom stereocenters. The number of esters is 1. The molecule has 8 nitrogen and oxygen atoms in total. The Morgan fingerprint density at radius 2 is 1.68 bits per heavy atom. The Balaban J connectivity index is 1.83. The van der Waals surface area contributed by atoms with E-state index in [2.05, 4.69) is 10.6 Å². The number of carbonyl (C=O) groups excluding carboxylic acids is 4. The van der Waals surface area contributed by atoms with E-state index in [1.807, 2.05) is 0 Å². The molecular weight excluding hydrogens is 382 g/mol. The van der Waals surface area contributed by atoms with Crippen LogP contribution >= 0.6 is 11.3 Å². The van der Waals surface area contributed by atoms with Crippen LogP contribution in [0.2, 0.25) is 0 Å². The normalized spacial score (nSPS) is 10.1. The Hall–Kier alpha value is -3.20. The smallest absolute Gasteiger partial charge is 0.339 e. The second-order valence-electron chi connectivity index (χ2n) is 5.80. The fourth-order valence-electron chi connectivity index (χ4n) is 2.27. The molecule has 0 aliphatic rings. The monoisotopic (exact) mass is 403 g/mol. The fourth-order valence-corrected chi connectivity index (χ4v) is 2.90. The molecular formula is C19H21N3O5S. The topological polar surface area (TPSA) is 105 Å². The van der Waals surface area contributed by atoms with Crippen molar-refractivity contribution in [1.82, 2.24) is 4.90 Å². The van der Waals surface area contributed by atoms with Crippen LogP contribution in [-0.2, 0) is 19.1 Å². The van der Waals surface area contributed by atoms with Crippen molar-refractivity contribution in [2.24, 2.45) is 0 Å². The van der Waals surface area contributed by atoms with Crippen LogP contribution in [0.4, 0.5) is 11.4 Å². The van der Waals surface area contributed by atoms with Crippen molar-refractivity contribution in [1.29, 1.82) is 0 Å². The van der Waals surface area contributed by atoms with Gasteiger partial charge in [0.05, 0.1) is 12.1 Å². The Kier molecular flexibility index (Phi) is 7.70. The SMILES string of the molecule is CCN(CC(=O)Nc1ccc(NC(C)=O)cc1)C(=O)COC(=O)c1ccsc1. The second-order valence-corrected chi connectivity index (χ2v) is 6.58. The van der Waals surface area contributed by atoms with Crippen LogP contribution in [0.1, 0.15) is 24.2 Å². The third-order valence-electron chi connectivity index (χ3n) is 3.64. The molecule has 0 aliphatic carbocycles. The number of ether oxygens (including phenoxy) is 1. The molecule has 2 rings (SSSR count). The summed E-state index contributed by atoms with van der Waals surface area (Å²) in [7, 11) is 0. The molecule has 148 valence electrons. The van der Waals surface area contributed by atoms with Gasteiger partial charge in [0.1, 0.15) is 0 Å². The number of benzene rings is 1. The Morgan fingerprint density at radius 3 is 2.21 bits per heavy atom. The van der Waals surface area contributed by atoms with Crippen molar-refractivity contribution < 1.29 is 23.9 Å². The number of anilines is 2. The van der Waals surface area contributed by atoms with Gasteiger partial charge in [0.15, 0.2) is 6.61 Å². The number of amides is 3. The minimum absolute atomic E-state index is 0.168. The van der Waals surface area contributed by atoms with Crippen LogP contribution in [0, 0.1) is 0 Å². The molecule has 28 heavy (non-hydrogen) atoms. The zero-order valence-corrected chi connectivity index (χ0v) is 16.4. The number of thiophene rings is 1. The van der Waals surface area contributed by atoms with Crippen LogP contribution in [0.25, 0.3) is 0 Å². The van der Waals surface area contributed by atoms with E-state index in [9.17, 15) is 19.2 Å². The van der Waals surface area contributed by atoms with Crippen molar-refractivity contribution in [2.45, 2.75) is 13.8 Å². The fraction of sp³-hybridized carbons (Fsp3) is 0.263. The van der Waals surface area contributed by atoms with Gasteiger partial charge in [0, 0.05) is 30.2 Å². The summed E-state index contributed by atoms with van der Waals surface area (Å²) >= 11 is 1.36. The number of carbonyl (C=O) groups is 4. The van der Waals surface area contributed by atoms with Crippen molar-refractivity contribution >= 4 is 46.4 Å². The number of rotatable bonds is 8. The third kappa shape index (κ3) is 6.51. The summed E-state index contributed by atoms with van der Waals surface area (Å²) in [5, 5.41) is 8.68. The van der Waals surface area contributed by atoms with Crippen molar-refractivity contribution in [2.75, 3.05) is 30.3 Å². The van der Waals surface area contributed by atoms with E-state index in [0.29, 0.717) is 23.5 Å². The van der Waals surface area contributed by atoms with E-state index in [-0.39, 0.29) is 18.4 Å². The zero-order valence-electron chi connectivity index (χ0n) is 15.6. The Labute approximate surface area is 166 Å². The van der Waals surface area contributed by atoms with Gasteiger partial charge < -0.3 is 20.3 Å². The van der Waals surface area contributed by atoms with Crippen LogP contribution in [0.15, 0.2) is 41.1 Å². The van der Waals surface area contributed by atoms with Crippen molar-refractivity contribution in [3.05, 3.63) is 46.7 Å². The van der Waals surface area contributed by atoms with E-state index in [1.165, 1.54) is 23.2 Å². The van der Waals surface area contributed by atoms with E-state index < -0.39 is 18.5 Å². The zero-order chi connectivity index (χ0) is 20.5. The highest BCUT2D eigenvalue weighted by Crippen LogP contribution is 2.13. The first-order valence-electron chi connectivity index (χ1n) is 8.53. The molecule has 9 heteroatoms. The summed E-state index contributed by atoms with van der Waals surface area (Å²) in [5.74, 6) is -1.60. The molecule has 0 atom stereocenters. The van der Waals surface area contributed by atoms with Gasteiger partial charge in [0.25, 0.3) is 5.91 Å². The first kappa shape index (κ1) is 21.1. The van der Waals surface area contributed by atoms with Crippen molar-refractivity contribution in [3.63, 3.8) is 0 Å². The Morgan fingerprint density at radius 1 is 1.04 bits per heavy atom. The maximum absolute atomic E-state index is 12.2. The van der Waals surface area contributed by atoms with Gasteiger partial charge in [0.2, 0.25) is 11.8 Å². The summed E-state index contributed by atoms with van der Waals surface area (Å²) in [6.07, 6.45) is 0. The Bertz CT molecular complexity index is 834. The van der Waals surface area contributed by atoms with E-state index in [0.717, 1.165) is 0 Å².